The third-order valence-corrected chi connectivity index (χ3v) is 4.06. The summed E-state index contributed by atoms with van der Waals surface area (Å²) in [6, 6.07) is 7.05. The van der Waals surface area contributed by atoms with Crippen molar-refractivity contribution in [3.8, 4) is 11.5 Å². The molecule has 1 fully saturated rings. The lowest BCUT2D eigenvalue weighted by atomic mass is 10.1. The van der Waals surface area contributed by atoms with Crippen molar-refractivity contribution in [1.29, 1.82) is 0 Å². The largest absolute Gasteiger partial charge is 0.493 e. The third kappa shape index (κ3) is 5.27. The van der Waals surface area contributed by atoms with Crippen LogP contribution in [-0.4, -0.2) is 68.2 Å². The summed E-state index contributed by atoms with van der Waals surface area (Å²) in [5.74, 6) is -0.694. The second-order valence-corrected chi connectivity index (χ2v) is 6.05. The number of alkyl halides is 3. The summed E-state index contributed by atoms with van der Waals surface area (Å²) in [5.41, 5.74) is 0. The van der Waals surface area contributed by atoms with Gasteiger partial charge in [-0.1, -0.05) is 12.1 Å². The van der Waals surface area contributed by atoms with Crippen LogP contribution in [0.5, 0.6) is 11.5 Å². The minimum Gasteiger partial charge on any atom is -0.493 e. The summed E-state index contributed by atoms with van der Waals surface area (Å²) in [6.45, 7) is -1.11. The third-order valence-electron chi connectivity index (χ3n) is 4.06. The summed E-state index contributed by atoms with van der Waals surface area (Å²) in [5, 5.41) is 0. The Bertz CT molecular complexity index is 651. The molecular formula is C17H21F3N2O4. The van der Waals surface area contributed by atoms with Gasteiger partial charge in [0.2, 0.25) is 11.8 Å². The number of carbonyl (C=O) groups is 2. The number of ether oxygens (including phenoxy) is 2. The van der Waals surface area contributed by atoms with Crippen LogP contribution in [0.3, 0.4) is 0 Å². The Balaban J connectivity index is 1.83. The second-order valence-electron chi connectivity index (χ2n) is 6.05. The van der Waals surface area contributed by atoms with Crippen molar-refractivity contribution in [3.63, 3.8) is 0 Å². The molecule has 0 aromatic heterocycles. The second kappa shape index (κ2) is 8.29. The van der Waals surface area contributed by atoms with Crippen LogP contribution in [0.25, 0.3) is 0 Å². The predicted molar refractivity (Wildman–Crippen MR) is 86.9 cm³/mol. The number of likely N-dealkylation sites (N-methyl/N-ethyl adjacent to an activating group) is 1. The number of hydrogen-bond acceptors (Lipinski definition) is 4. The van der Waals surface area contributed by atoms with Gasteiger partial charge >= 0.3 is 6.18 Å². The van der Waals surface area contributed by atoms with E-state index in [0.717, 1.165) is 0 Å². The van der Waals surface area contributed by atoms with E-state index in [1.54, 1.807) is 24.3 Å². The first-order valence-corrected chi connectivity index (χ1v) is 8.06. The van der Waals surface area contributed by atoms with E-state index in [4.69, 9.17) is 9.47 Å². The number of benzene rings is 1. The van der Waals surface area contributed by atoms with Crippen molar-refractivity contribution in [2.45, 2.75) is 12.6 Å². The van der Waals surface area contributed by atoms with Crippen molar-refractivity contribution in [2.75, 3.05) is 40.4 Å². The Hall–Kier alpha value is -2.45. The number of para-hydroxylation sites is 2. The Kier molecular flexibility index (Phi) is 6.33. The van der Waals surface area contributed by atoms with Crippen LogP contribution in [0.2, 0.25) is 0 Å². The van der Waals surface area contributed by atoms with Gasteiger partial charge in [0, 0.05) is 20.0 Å². The zero-order chi connectivity index (χ0) is 19.3. The summed E-state index contributed by atoms with van der Waals surface area (Å²) >= 11 is 0. The minimum atomic E-state index is -4.47. The van der Waals surface area contributed by atoms with E-state index in [1.807, 2.05) is 0 Å². The van der Waals surface area contributed by atoms with Gasteiger partial charge in [0.05, 0.1) is 19.6 Å². The molecule has 1 aromatic rings. The molecule has 0 saturated carbocycles. The maximum atomic E-state index is 12.4. The predicted octanol–water partition coefficient (Wildman–Crippen LogP) is 1.94. The van der Waals surface area contributed by atoms with Gasteiger partial charge in [-0.15, -0.1) is 0 Å². The Morgan fingerprint density at radius 1 is 1.31 bits per heavy atom. The normalized spacial score (nSPS) is 17.3. The molecule has 2 rings (SSSR count). The molecule has 1 heterocycles. The molecule has 1 aromatic carbocycles. The number of rotatable bonds is 7. The van der Waals surface area contributed by atoms with Crippen molar-refractivity contribution in [1.82, 2.24) is 9.80 Å². The summed E-state index contributed by atoms with van der Waals surface area (Å²) in [4.78, 5) is 26.1. The van der Waals surface area contributed by atoms with Crippen molar-refractivity contribution in [2.24, 2.45) is 5.92 Å². The van der Waals surface area contributed by atoms with Crippen molar-refractivity contribution < 1.29 is 32.2 Å². The fraction of sp³-hybridized carbons (Fsp3) is 0.529. The summed E-state index contributed by atoms with van der Waals surface area (Å²) in [6.07, 6.45) is -4.67. The number of hydrogen-bond donors (Lipinski definition) is 0. The zero-order valence-corrected chi connectivity index (χ0v) is 14.6. The standard InChI is InChI=1S/C17H21F3N2O4/c1-21(7-8-26-14-6-4-3-5-13(14)25-2)16(24)12-9-15(23)22(10-12)11-17(18,19)20/h3-6,12H,7-11H2,1-2H3. The zero-order valence-electron chi connectivity index (χ0n) is 14.6. The van der Waals surface area contributed by atoms with Gasteiger partial charge in [0.15, 0.2) is 11.5 Å². The van der Waals surface area contributed by atoms with E-state index in [0.29, 0.717) is 16.4 Å². The van der Waals surface area contributed by atoms with Gasteiger partial charge in [0.1, 0.15) is 13.2 Å². The molecule has 0 aliphatic carbocycles. The fourth-order valence-corrected chi connectivity index (χ4v) is 2.76. The molecule has 26 heavy (non-hydrogen) atoms. The average Bonchev–Trinajstić information content (AvgIpc) is 2.93. The number of halogens is 3. The van der Waals surface area contributed by atoms with Crippen LogP contribution in [0, 0.1) is 5.92 Å². The first-order valence-electron chi connectivity index (χ1n) is 8.06. The van der Waals surface area contributed by atoms with Crippen LogP contribution >= 0.6 is 0 Å². The molecule has 1 aliphatic rings. The monoisotopic (exact) mass is 374 g/mol. The quantitative estimate of drug-likeness (QED) is 0.732. The summed E-state index contributed by atoms with van der Waals surface area (Å²) < 4.78 is 48.1. The van der Waals surface area contributed by atoms with E-state index < -0.39 is 24.5 Å². The number of likely N-dealkylation sites (tertiary alicyclic amines) is 1. The molecule has 0 bridgehead atoms. The van der Waals surface area contributed by atoms with E-state index in [1.165, 1.54) is 19.1 Å². The lowest BCUT2D eigenvalue weighted by molar-refractivity contribution is -0.157. The van der Waals surface area contributed by atoms with Crippen molar-refractivity contribution >= 4 is 11.8 Å². The molecule has 0 radical (unpaired) electrons. The molecule has 2 amide bonds. The number of nitrogens with zero attached hydrogens (tertiary/aromatic N) is 2. The van der Waals surface area contributed by atoms with E-state index >= 15 is 0 Å². The Morgan fingerprint density at radius 2 is 1.96 bits per heavy atom. The van der Waals surface area contributed by atoms with E-state index in [2.05, 4.69) is 0 Å². The number of methoxy groups -OCH3 is 1. The van der Waals surface area contributed by atoms with Crippen LogP contribution in [0.4, 0.5) is 13.2 Å². The smallest absolute Gasteiger partial charge is 0.406 e. The molecule has 1 atom stereocenters. The lowest BCUT2D eigenvalue weighted by Crippen LogP contribution is -2.38. The molecule has 1 saturated heterocycles. The first-order chi connectivity index (χ1) is 12.2. The maximum absolute atomic E-state index is 12.4. The molecule has 1 unspecified atom stereocenters. The molecule has 0 N–H and O–H groups in total. The van der Waals surface area contributed by atoms with Crippen molar-refractivity contribution in [3.05, 3.63) is 24.3 Å². The Morgan fingerprint density at radius 3 is 2.58 bits per heavy atom. The first kappa shape index (κ1) is 19.9. The molecule has 9 heteroatoms. The van der Waals surface area contributed by atoms with E-state index in [9.17, 15) is 22.8 Å². The fourth-order valence-electron chi connectivity index (χ4n) is 2.76. The SMILES string of the molecule is COc1ccccc1OCCN(C)C(=O)C1CC(=O)N(CC(F)(F)F)C1. The van der Waals surface area contributed by atoms with Crippen LogP contribution in [-0.2, 0) is 9.59 Å². The average molecular weight is 374 g/mol. The van der Waals surface area contributed by atoms with Gasteiger partial charge in [-0.25, -0.2) is 0 Å². The summed E-state index contributed by atoms with van der Waals surface area (Å²) in [7, 11) is 3.05. The van der Waals surface area contributed by atoms with Crippen LogP contribution in [0.1, 0.15) is 6.42 Å². The Labute approximate surface area is 149 Å². The molecular weight excluding hydrogens is 353 g/mol. The molecule has 6 nitrogen and oxygen atoms in total. The number of amides is 2. The van der Waals surface area contributed by atoms with Gasteiger partial charge in [0.25, 0.3) is 0 Å². The maximum Gasteiger partial charge on any atom is 0.406 e. The van der Waals surface area contributed by atoms with Gasteiger partial charge in [-0.3, -0.25) is 9.59 Å². The van der Waals surface area contributed by atoms with Crippen LogP contribution in [0.15, 0.2) is 24.3 Å². The highest BCUT2D eigenvalue weighted by atomic mass is 19.4. The number of carbonyl (C=O) groups excluding carboxylic acids is 2. The van der Waals surface area contributed by atoms with Gasteiger partial charge in [-0.2, -0.15) is 13.2 Å². The molecule has 144 valence electrons. The highest BCUT2D eigenvalue weighted by Crippen LogP contribution is 2.26. The lowest BCUT2D eigenvalue weighted by Gasteiger charge is -2.22. The highest BCUT2D eigenvalue weighted by Gasteiger charge is 2.41. The minimum absolute atomic E-state index is 0.190. The molecule has 1 aliphatic heterocycles. The topological polar surface area (TPSA) is 59.1 Å². The van der Waals surface area contributed by atoms with Gasteiger partial charge < -0.3 is 19.3 Å². The van der Waals surface area contributed by atoms with E-state index in [-0.39, 0.29) is 32.0 Å². The molecule has 0 spiro atoms. The van der Waals surface area contributed by atoms with Gasteiger partial charge in [-0.05, 0) is 12.1 Å². The highest BCUT2D eigenvalue weighted by molar-refractivity contribution is 5.89. The van der Waals surface area contributed by atoms with Crippen LogP contribution < -0.4 is 9.47 Å².